The first kappa shape index (κ1) is 23.3. The molecular formula is C23H26F3N3O4. The molecule has 7 nitrogen and oxygen atoms in total. The van der Waals surface area contributed by atoms with E-state index >= 15 is 0 Å². The first-order valence-electron chi connectivity index (χ1n) is 10.8. The van der Waals surface area contributed by atoms with Gasteiger partial charge in [-0.25, -0.2) is 0 Å². The number of likely N-dealkylation sites (tertiary alicyclic amines) is 1. The summed E-state index contributed by atoms with van der Waals surface area (Å²) in [7, 11) is 0. The van der Waals surface area contributed by atoms with Gasteiger partial charge in [-0.2, -0.15) is 13.2 Å². The fraction of sp³-hybridized carbons (Fsp3) is 0.478. The van der Waals surface area contributed by atoms with Crippen LogP contribution in [0, 0.1) is 12.8 Å². The standard InChI is InChI=1S/C23H26F3N3O4/c1-15-8-19(3-2-16(15)11-28-12-17(13-28)22(30)31)33-14-18-9-20(23(24,25)26)21(10-27-18)29-4-6-32-7-5-29/h2-3,8-10,17H,4-7,11-14H2,1H3,(H,30,31). The predicted molar refractivity (Wildman–Crippen MR) is 114 cm³/mol. The molecule has 2 aliphatic heterocycles. The van der Waals surface area contributed by atoms with Gasteiger partial charge in [-0.3, -0.25) is 14.7 Å². The monoisotopic (exact) mass is 465 g/mol. The van der Waals surface area contributed by atoms with Crippen molar-refractivity contribution in [3.63, 3.8) is 0 Å². The van der Waals surface area contributed by atoms with Crippen molar-refractivity contribution in [1.82, 2.24) is 9.88 Å². The number of carboxylic acids is 1. The van der Waals surface area contributed by atoms with Gasteiger partial charge in [0.15, 0.2) is 0 Å². The molecule has 0 spiro atoms. The zero-order valence-corrected chi connectivity index (χ0v) is 18.3. The maximum atomic E-state index is 13.7. The van der Waals surface area contributed by atoms with E-state index in [-0.39, 0.29) is 23.9 Å². The predicted octanol–water partition coefficient (Wildman–Crippen LogP) is 3.34. The van der Waals surface area contributed by atoms with Crippen LogP contribution in [0.15, 0.2) is 30.5 Å². The Kier molecular flexibility index (Phi) is 6.76. The summed E-state index contributed by atoms with van der Waals surface area (Å²) in [6.07, 6.45) is -3.24. The molecule has 1 aromatic carbocycles. The summed E-state index contributed by atoms with van der Waals surface area (Å²) >= 11 is 0. The highest BCUT2D eigenvalue weighted by Crippen LogP contribution is 2.37. The van der Waals surface area contributed by atoms with Crippen LogP contribution in [0.25, 0.3) is 0 Å². The molecule has 33 heavy (non-hydrogen) atoms. The highest BCUT2D eigenvalue weighted by Gasteiger charge is 2.36. The fourth-order valence-corrected chi connectivity index (χ4v) is 4.04. The van der Waals surface area contributed by atoms with Crippen molar-refractivity contribution in [2.75, 3.05) is 44.3 Å². The number of halogens is 3. The summed E-state index contributed by atoms with van der Waals surface area (Å²) in [5.41, 5.74) is 1.56. The maximum absolute atomic E-state index is 13.7. The Bertz CT molecular complexity index is 1000. The molecule has 4 rings (SSSR count). The van der Waals surface area contributed by atoms with E-state index in [0.717, 1.165) is 17.2 Å². The number of aromatic nitrogens is 1. The van der Waals surface area contributed by atoms with E-state index in [1.54, 1.807) is 11.0 Å². The number of carboxylic acid groups (broad SMARTS) is 1. The number of ether oxygens (including phenoxy) is 2. The molecule has 178 valence electrons. The van der Waals surface area contributed by atoms with Crippen molar-refractivity contribution < 1.29 is 32.5 Å². The summed E-state index contributed by atoms with van der Waals surface area (Å²) < 4.78 is 52.0. The van der Waals surface area contributed by atoms with E-state index in [9.17, 15) is 18.0 Å². The van der Waals surface area contributed by atoms with E-state index in [1.807, 2.05) is 19.1 Å². The molecule has 2 saturated heterocycles. The van der Waals surface area contributed by atoms with Crippen LogP contribution in [-0.2, 0) is 28.9 Å². The van der Waals surface area contributed by atoms with Gasteiger partial charge in [0, 0.05) is 32.7 Å². The lowest BCUT2D eigenvalue weighted by Crippen LogP contribution is -2.49. The lowest BCUT2D eigenvalue weighted by atomic mass is 9.98. The summed E-state index contributed by atoms with van der Waals surface area (Å²) in [4.78, 5) is 18.8. The smallest absolute Gasteiger partial charge is 0.418 e. The molecule has 3 heterocycles. The fourth-order valence-electron chi connectivity index (χ4n) is 4.04. The molecule has 0 aliphatic carbocycles. The number of morpholine rings is 1. The van der Waals surface area contributed by atoms with Gasteiger partial charge < -0.3 is 19.5 Å². The van der Waals surface area contributed by atoms with E-state index in [1.165, 1.54) is 6.20 Å². The molecule has 0 amide bonds. The molecule has 0 atom stereocenters. The summed E-state index contributed by atoms with van der Waals surface area (Å²) in [6, 6.07) is 6.55. The van der Waals surface area contributed by atoms with Crippen LogP contribution in [0.4, 0.5) is 18.9 Å². The van der Waals surface area contributed by atoms with Crippen LogP contribution >= 0.6 is 0 Å². The van der Waals surface area contributed by atoms with Crippen LogP contribution < -0.4 is 9.64 Å². The van der Waals surface area contributed by atoms with Gasteiger partial charge in [0.05, 0.1) is 42.3 Å². The molecule has 0 bridgehead atoms. The van der Waals surface area contributed by atoms with Crippen molar-refractivity contribution in [2.45, 2.75) is 26.3 Å². The Labute approximate surface area is 189 Å². The number of aliphatic carboxylic acids is 1. The highest BCUT2D eigenvalue weighted by molar-refractivity contribution is 5.71. The first-order chi connectivity index (χ1) is 15.7. The SMILES string of the molecule is Cc1cc(OCc2cc(C(F)(F)F)c(N3CCOCC3)cn2)ccc1CN1CC(C(=O)O)C1. The lowest BCUT2D eigenvalue weighted by molar-refractivity contribution is -0.147. The molecule has 2 aromatic rings. The summed E-state index contributed by atoms with van der Waals surface area (Å²) in [6.45, 7) is 5.09. The number of aryl methyl sites for hydroxylation is 1. The zero-order chi connectivity index (χ0) is 23.6. The van der Waals surface area contributed by atoms with Crippen LogP contribution in [0.1, 0.15) is 22.4 Å². The number of alkyl halides is 3. The second-order valence-electron chi connectivity index (χ2n) is 8.40. The van der Waals surface area contributed by atoms with Crippen molar-refractivity contribution in [3.05, 3.63) is 52.8 Å². The van der Waals surface area contributed by atoms with Crippen LogP contribution in [0.3, 0.4) is 0 Å². The second-order valence-corrected chi connectivity index (χ2v) is 8.40. The van der Waals surface area contributed by atoms with E-state index in [2.05, 4.69) is 9.88 Å². The van der Waals surface area contributed by atoms with Gasteiger partial charge in [-0.05, 0) is 36.2 Å². The molecule has 2 aliphatic rings. The first-order valence-corrected chi connectivity index (χ1v) is 10.8. The van der Waals surface area contributed by atoms with E-state index in [0.29, 0.717) is 51.7 Å². The van der Waals surface area contributed by atoms with E-state index < -0.39 is 17.7 Å². The number of nitrogens with zero attached hydrogens (tertiary/aromatic N) is 3. The van der Waals surface area contributed by atoms with Crippen molar-refractivity contribution in [1.29, 1.82) is 0 Å². The topological polar surface area (TPSA) is 75.1 Å². The quantitative estimate of drug-likeness (QED) is 0.672. The molecule has 1 N–H and O–H groups in total. The molecule has 2 fully saturated rings. The summed E-state index contributed by atoms with van der Waals surface area (Å²) in [5.74, 6) is -0.542. The minimum absolute atomic E-state index is 0.0610. The maximum Gasteiger partial charge on any atom is 0.418 e. The van der Waals surface area contributed by atoms with Crippen molar-refractivity contribution in [2.24, 2.45) is 5.92 Å². The van der Waals surface area contributed by atoms with Gasteiger partial charge in [0.2, 0.25) is 0 Å². The third-order valence-corrected chi connectivity index (χ3v) is 6.00. The number of hydrogen-bond acceptors (Lipinski definition) is 6. The van der Waals surface area contributed by atoms with Gasteiger partial charge in [0.25, 0.3) is 0 Å². The van der Waals surface area contributed by atoms with Crippen LogP contribution in [0.2, 0.25) is 0 Å². The van der Waals surface area contributed by atoms with Gasteiger partial charge in [0.1, 0.15) is 12.4 Å². The molecule has 0 radical (unpaired) electrons. The molecular weight excluding hydrogens is 439 g/mol. The third kappa shape index (κ3) is 5.56. The van der Waals surface area contributed by atoms with Crippen LogP contribution in [0.5, 0.6) is 5.75 Å². The van der Waals surface area contributed by atoms with Crippen molar-refractivity contribution >= 4 is 11.7 Å². The number of rotatable bonds is 7. The normalized spacial score (nSPS) is 17.6. The summed E-state index contributed by atoms with van der Waals surface area (Å²) in [5, 5.41) is 8.99. The largest absolute Gasteiger partial charge is 0.487 e. The van der Waals surface area contributed by atoms with Crippen LogP contribution in [-0.4, -0.2) is 60.4 Å². The molecule has 10 heteroatoms. The Balaban J connectivity index is 1.40. The molecule has 1 aromatic heterocycles. The average molecular weight is 465 g/mol. The van der Waals surface area contributed by atoms with Gasteiger partial charge in [-0.15, -0.1) is 0 Å². The zero-order valence-electron chi connectivity index (χ0n) is 18.3. The Morgan fingerprint density at radius 2 is 1.97 bits per heavy atom. The number of benzene rings is 1. The Hall–Kier alpha value is -2.85. The minimum atomic E-state index is -4.50. The highest BCUT2D eigenvalue weighted by atomic mass is 19.4. The van der Waals surface area contributed by atoms with Gasteiger partial charge in [-0.1, -0.05) is 6.07 Å². The third-order valence-electron chi connectivity index (χ3n) is 6.00. The lowest BCUT2D eigenvalue weighted by Gasteiger charge is -2.36. The van der Waals surface area contributed by atoms with E-state index in [4.69, 9.17) is 14.6 Å². The number of pyridine rings is 1. The molecule has 0 saturated carbocycles. The average Bonchev–Trinajstić information content (AvgIpc) is 2.75. The Morgan fingerprint density at radius 1 is 1.24 bits per heavy atom. The number of carbonyl (C=O) groups is 1. The Morgan fingerprint density at radius 3 is 2.61 bits per heavy atom. The number of anilines is 1. The van der Waals surface area contributed by atoms with Crippen molar-refractivity contribution in [3.8, 4) is 5.75 Å². The molecule has 0 unspecified atom stereocenters. The number of hydrogen-bond donors (Lipinski definition) is 1. The second kappa shape index (κ2) is 9.56. The minimum Gasteiger partial charge on any atom is -0.487 e. The van der Waals surface area contributed by atoms with Gasteiger partial charge >= 0.3 is 12.1 Å².